The number of likely N-dealkylation sites (N-methyl/N-ethyl adjacent to an activating group) is 1. The Balaban J connectivity index is 2.04. The molecule has 0 atom stereocenters. The highest BCUT2D eigenvalue weighted by atomic mass is 19.1. The van der Waals surface area contributed by atoms with E-state index in [2.05, 4.69) is 0 Å². The molecule has 1 fully saturated rings. The fourth-order valence-corrected chi connectivity index (χ4v) is 1.87. The minimum atomic E-state index is -0.309. The van der Waals surface area contributed by atoms with Gasteiger partial charge in [-0.1, -0.05) is 6.07 Å². The summed E-state index contributed by atoms with van der Waals surface area (Å²) < 4.78 is 13.6. The van der Waals surface area contributed by atoms with Crippen LogP contribution in [-0.2, 0) is 11.3 Å². The highest BCUT2D eigenvalue weighted by Crippen LogP contribution is 2.15. The van der Waals surface area contributed by atoms with Gasteiger partial charge in [0.15, 0.2) is 0 Å². The van der Waals surface area contributed by atoms with E-state index in [9.17, 15) is 9.18 Å². The third-order valence-corrected chi connectivity index (χ3v) is 3.01. The fraction of sp³-hybridized carbons (Fsp3) is 0.417. The molecule has 1 aliphatic rings. The van der Waals surface area contributed by atoms with Gasteiger partial charge in [-0.3, -0.25) is 9.69 Å². The van der Waals surface area contributed by atoms with E-state index in [1.54, 1.807) is 24.1 Å². The molecule has 0 aromatic heterocycles. The first-order chi connectivity index (χ1) is 8.06. The zero-order chi connectivity index (χ0) is 12.4. The first-order valence-electron chi connectivity index (χ1n) is 5.56. The van der Waals surface area contributed by atoms with Crippen molar-refractivity contribution in [1.29, 1.82) is 0 Å². The zero-order valence-electron chi connectivity index (χ0n) is 9.82. The van der Waals surface area contributed by atoms with Gasteiger partial charge in [-0.25, -0.2) is 4.39 Å². The first-order valence-corrected chi connectivity index (χ1v) is 5.56. The standard InChI is InChI=1S/C12H16FN3O/c1-15-4-5-16(8-12(15)17)7-9-2-3-10(14)6-11(9)13/h2-3,6H,4-5,7-8,14H2,1H3. The van der Waals surface area contributed by atoms with Gasteiger partial charge >= 0.3 is 0 Å². The summed E-state index contributed by atoms with van der Waals surface area (Å²) in [5.41, 5.74) is 6.48. The molecule has 1 aromatic carbocycles. The monoisotopic (exact) mass is 237 g/mol. The highest BCUT2D eigenvalue weighted by Gasteiger charge is 2.21. The Morgan fingerprint density at radius 1 is 1.41 bits per heavy atom. The van der Waals surface area contributed by atoms with Crippen molar-refractivity contribution in [2.24, 2.45) is 0 Å². The minimum Gasteiger partial charge on any atom is -0.399 e. The van der Waals surface area contributed by atoms with Crippen LogP contribution in [0.5, 0.6) is 0 Å². The van der Waals surface area contributed by atoms with Crippen molar-refractivity contribution < 1.29 is 9.18 Å². The third-order valence-electron chi connectivity index (χ3n) is 3.01. The molecule has 2 N–H and O–H groups in total. The normalized spacial score (nSPS) is 17.5. The molecule has 0 spiro atoms. The Bertz CT molecular complexity index is 436. The number of hydrogen-bond acceptors (Lipinski definition) is 3. The van der Waals surface area contributed by atoms with Gasteiger partial charge in [0.05, 0.1) is 6.54 Å². The first kappa shape index (κ1) is 11.9. The molecule has 2 rings (SSSR count). The van der Waals surface area contributed by atoms with E-state index in [0.717, 1.165) is 6.54 Å². The quantitative estimate of drug-likeness (QED) is 0.770. The Kier molecular flexibility index (Phi) is 3.28. The molecule has 1 aromatic rings. The van der Waals surface area contributed by atoms with Crippen LogP contribution >= 0.6 is 0 Å². The number of amides is 1. The molecule has 1 aliphatic heterocycles. The van der Waals surface area contributed by atoms with Crippen LogP contribution in [0.15, 0.2) is 18.2 Å². The second kappa shape index (κ2) is 4.71. The summed E-state index contributed by atoms with van der Waals surface area (Å²) in [7, 11) is 1.78. The number of benzene rings is 1. The lowest BCUT2D eigenvalue weighted by Crippen LogP contribution is -2.48. The maximum absolute atomic E-state index is 13.6. The van der Waals surface area contributed by atoms with Gasteiger partial charge in [-0.05, 0) is 12.1 Å². The Morgan fingerprint density at radius 3 is 2.82 bits per heavy atom. The third kappa shape index (κ3) is 2.74. The van der Waals surface area contributed by atoms with Gasteiger partial charge in [-0.2, -0.15) is 0 Å². The van der Waals surface area contributed by atoms with E-state index in [0.29, 0.717) is 30.9 Å². The molecule has 0 unspecified atom stereocenters. The van der Waals surface area contributed by atoms with Gasteiger partial charge in [0.25, 0.3) is 0 Å². The van der Waals surface area contributed by atoms with Crippen molar-refractivity contribution in [2.75, 3.05) is 32.4 Å². The SMILES string of the molecule is CN1CCN(Cc2ccc(N)cc2F)CC1=O. The second-order valence-electron chi connectivity index (χ2n) is 4.38. The number of hydrogen-bond donors (Lipinski definition) is 1. The van der Waals surface area contributed by atoms with E-state index in [1.165, 1.54) is 6.07 Å². The molecular formula is C12H16FN3O. The average Bonchev–Trinajstić information content (AvgIpc) is 2.27. The smallest absolute Gasteiger partial charge is 0.236 e. The topological polar surface area (TPSA) is 49.6 Å². The highest BCUT2D eigenvalue weighted by molar-refractivity contribution is 5.78. The lowest BCUT2D eigenvalue weighted by Gasteiger charge is -2.31. The van der Waals surface area contributed by atoms with E-state index >= 15 is 0 Å². The number of anilines is 1. The number of carbonyl (C=O) groups is 1. The minimum absolute atomic E-state index is 0.0760. The van der Waals surface area contributed by atoms with Crippen LogP contribution in [-0.4, -0.2) is 42.4 Å². The van der Waals surface area contributed by atoms with Crippen molar-refractivity contribution in [3.05, 3.63) is 29.6 Å². The van der Waals surface area contributed by atoms with Crippen LogP contribution in [0.2, 0.25) is 0 Å². The van der Waals surface area contributed by atoms with Gasteiger partial charge in [0.1, 0.15) is 5.82 Å². The summed E-state index contributed by atoms with van der Waals surface area (Å²) in [5.74, 6) is -0.233. The maximum Gasteiger partial charge on any atom is 0.236 e. The van der Waals surface area contributed by atoms with Gasteiger partial charge in [0.2, 0.25) is 5.91 Å². The number of piperazine rings is 1. The molecule has 5 heteroatoms. The van der Waals surface area contributed by atoms with Crippen molar-refractivity contribution in [1.82, 2.24) is 9.80 Å². The number of nitrogens with zero attached hydrogens (tertiary/aromatic N) is 2. The summed E-state index contributed by atoms with van der Waals surface area (Å²) in [6.45, 7) is 2.26. The number of rotatable bonds is 2. The van der Waals surface area contributed by atoms with Crippen LogP contribution in [0.3, 0.4) is 0 Å². The lowest BCUT2D eigenvalue weighted by atomic mass is 10.1. The molecule has 0 radical (unpaired) electrons. The van der Waals surface area contributed by atoms with Crippen LogP contribution in [0.1, 0.15) is 5.56 Å². The molecule has 0 saturated carbocycles. The Morgan fingerprint density at radius 2 is 2.18 bits per heavy atom. The van der Waals surface area contributed by atoms with Crippen molar-refractivity contribution >= 4 is 11.6 Å². The molecule has 1 amide bonds. The fourth-order valence-electron chi connectivity index (χ4n) is 1.87. The predicted octanol–water partition coefficient (Wildman–Crippen LogP) is 0.682. The molecule has 1 heterocycles. The summed E-state index contributed by atoms with van der Waals surface area (Å²) in [6.07, 6.45) is 0. The summed E-state index contributed by atoms with van der Waals surface area (Å²) in [5, 5.41) is 0. The molecule has 92 valence electrons. The predicted molar refractivity (Wildman–Crippen MR) is 63.7 cm³/mol. The van der Waals surface area contributed by atoms with Gasteiger partial charge in [0, 0.05) is 37.9 Å². The number of nitrogens with two attached hydrogens (primary N) is 1. The van der Waals surface area contributed by atoms with E-state index in [1.807, 2.05) is 4.90 Å². The zero-order valence-corrected chi connectivity index (χ0v) is 9.82. The molecular weight excluding hydrogens is 221 g/mol. The number of halogens is 1. The van der Waals surface area contributed by atoms with Crippen LogP contribution in [0.4, 0.5) is 10.1 Å². The van der Waals surface area contributed by atoms with E-state index in [-0.39, 0.29) is 11.7 Å². The molecule has 17 heavy (non-hydrogen) atoms. The van der Waals surface area contributed by atoms with Crippen LogP contribution in [0, 0.1) is 5.82 Å². The van der Waals surface area contributed by atoms with E-state index < -0.39 is 0 Å². The summed E-state index contributed by atoms with van der Waals surface area (Å²) in [4.78, 5) is 15.1. The second-order valence-corrected chi connectivity index (χ2v) is 4.38. The summed E-state index contributed by atoms with van der Waals surface area (Å²) in [6, 6.07) is 4.66. The van der Waals surface area contributed by atoms with Crippen molar-refractivity contribution in [3.63, 3.8) is 0 Å². The van der Waals surface area contributed by atoms with Crippen LogP contribution in [0.25, 0.3) is 0 Å². The lowest BCUT2D eigenvalue weighted by molar-refractivity contribution is -0.134. The van der Waals surface area contributed by atoms with Crippen LogP contribution < -0.4 is 5.73 Å². The van der Waals surface area contributed by atoms with Crippen molar-refractivity contribution in [2.45, 2.75) is 6.54 Å². The number of nitrogen functional groups attached to an aromatic ring is 1. The molecule has 0 aliphatic carbocycles. The van der Waals surface area contributed by atoms with Gasteiger partial charge in [-0.15, -0.1) is 0 Å². The van der Waals surface area contributed by atoms with Gasteiger partial charge < -0.3 is 10.6 Å². The maximum atomic E-state index is 13.6. The molecule has 1 saturated heterocycles. The molecule has 4 nitrogen and oxygen atoms in total. The Hall–Kier alpha value is -1.62. The Labute approximate surface area is 99.8 Å². The van der Waals surface area contributed by atoms with Crippen molar-refractivity contribution in [3.8, 4) is 0 Å². The molecule has 0 bridgehead atoms. The largest absolute Gasteiger partial charge is 0.399 e. The summed E-state index contributed by atoms with van der Waals surface area (Å²) >= 11 is 0. The number of carbonyl (C=O) groups excluding carboxylic acids is 1. The average molecular weight is 237 g/mol. The van der Waals surface area contributed by atoms with E-state index in [4.69, 9.17) is 5.73 Å².